The average molecular weight is 293 g/mol. The Morgan fingerprint density at radius 1 is 1.52 bits per heavy atom. The topological polar surface area (TPSA) is 56.6 Å². The van der Waals surface area contributed by atoms with E-state index in [-0.39, 0.29) is 24.2 Å². The van der Waals surface area contributed by atoms with Gasteiger partial charge in [0.15, 0.2) is 0 Å². The van der Waals surface area contributed by atoms with Crippen LogP contribution < -0.4 is 0 Å². The smallest absolute Gasteiger partial charge is 0.272 e. The molecule has 1 aromatic rings. The Kier molecular flexibility index (Phi) is 3.99. The lowest BCUT2D eigenvalue weighted by Gasteiger charge is -2.38. The lowest BCUT2D eigenvalue weighted by molar-refractivity contribution is -0.0948. The maximum Gasteiger partial charge on any atom is 0.272 e. The van der Waals surface area contributed by atoms with Crippen LogP contribution in [0.5, 0.6) is 0 Å². The van der Waals surface area contributed by atoms with Gasteiger partial charge in [0.25, 0.3) is 5.91 Å². The van der Waals surface area contributed by atoms with Crippen molar-refractivity contribution in [3.05, 3.63) is 17.5 Å². The molecule has 1 aliphatic carbocycles. The minimum atomic E-state index is 0.00629. The standard InChI is InChI=1S/C15H23N3O3/c1-4-18-12(9-10(2)16-18)15(19)17-7-8-21-14-11(17)5-6-13(14)20-3/h9,11,13-14H,4-8H2,1-3H3/t11-,13-,14+/m0/s1. The number of hydrogen-bond donors (Lipinski definition) is 0. The second-order valence-corrected chi connectivity index (χ2v) is 5.74. The third-order valence-electron chi connectivity index (χ3n) is 4.52. The third kappa shape index (κ3) is 2.46. The molecule has 0 bridgehead atoms. The molecule has 21 heavy (non-hydrogen) atoms. The van der Waals surface area contributed by atoms with Crippen molar-refractivity contribution in [2.75, 3.05) is 20.3 Å². The highest BCUT2D eigenvalue weighted by molar-refractivity contribution is 5.93. The summed E-state index contributed by atoms with van der Waals surface area (Å²) in [6, 6.07) is 2.00. The van der Waals surface area contributed by atoms with Crippen molar-refractivity contribution in [3.63, 3.8) is 0 Å². The zero-order chi connectivity index (χ0) is 15.0. The molecular weight excluding hydrogens is 270 g/mol. The molecule has 3 rings (SSSR count). The summed E-state index contributed by atoms with van der Waals surface area (Å²) in [5.41, 5.74) is 1.56. The summed E-state index contributed by atoms with van der Waals surface area (Å²) < 4.78 is 13.1. The van der Waals surface area contributed by atoms with E-state index in [0.717, 1.165) is 18.5 Å². The van der Waals surface area contributed by atoms with Crippen LogP contribution in [-0.4, -0.2) is 59.1 Å². The molecule has 1 saturated carbocycles. The summed E-state index contributed by atoms with van der Waals surface area (Å²) in [5.74, 6) is 0.0625. The van der Waals surface area contributed by atoms with Crippen molar-refractivity contribution in [3.8, 4) is 0 Å². The highest BCUT2D eigenvalue weighted by atomic mass is 16.5. The molecule has 3 atom stereocenters. The molecule has 1 amide bonds. The number of carbonyl (C=O) groups excluding carboxylic acids is 1. The number of nitrogens with zero attached hydrogens (tertiary/aromatic N) is 3. The van der Waals surface area contributed by atoms with Gasteiger partial charge in [0.1, 0.15) is 11.8 Å². The molecule has 1 aromatic heterocycles. The Morgan fingerprint density at radius 3 is 3.05 bits per heavy atom. The average Bonchev–Trinajstić information content (AvgIpc) is 3.08. The summed E-state index contributed by atoms with van der Waals surface area (Å²) in [7, 11) is 1.71. The normalized spacial score (nSPS) is 28.7. The Hall–Kier alpha value is -1.40. The van der Waals surface area contributed by atoms with E-state index in [9.17, 15) is 4.79 Å². The molecule has 1 aliphatic heterocycles. The molecular formula is C15H23N3O3. The Morgan fingerprint density at radius 2 is 2.33 bits per heavy atom. The van der Waals surface area contributed by atoms with Crippen molar-refractivity contribution in [2.45, 2.75) is 51.5 Å². The first-order valence-electron chi connectivity index (χ1n) is 7.65. The fourth-order valence-corrected chi connectivity index (χ4v) is 3.53. The summed E-state index contributed by atoms with van der Waals surface area (Å²) in [6.07, 6.45) is 1.99. The van der Waals surface area contributed by atoms with E-state index >= 15 is 0 Å². The van der Waals surface area contributed by atoms with Gasteiger partial charge in [0, 0.05) is 20.2 Å². The monoisotopic (exact) mass is 293 g/mol. The number of aromatic nitrogens is 2. The molecule has 2 heterocycles. The zero-order valence-corrected chi connectivity index (χ0v) is 12.9. The van der Waals surface area contributed by atoms with E-state index in [0.29, 0.717) is 25.4 Å². The predicted octanol–water partition coefficient (Wildman–Crippen LogP) is 1.23. The summed E-state index contributed by atoms with van der Waals surface area (Å²) in [6.45, 7) is 5.84. The first-order chi connectivity index (χ1) is 10.2. The van der Waals surface area contributed by atoms with Crippen LogP contribution in [-0.2, 0) is 16.0 Å². The van der Waals surface area contributed by atoms with Crippen LogP contribution in [0.15, 0.2) is 6.07 Å². The molecule has 2 fully saturated rings. The van der Waals surface area contributed by atoms with Crippen LogP contribution in [0.2, 0.25) is 0 Å². The highest BCUT2D eigenvalue weighted by Gasteiger charge is 2.45. The maximum atomic E-state index is 12.9. The number of morpholine rings is 1. The molecule has 1 saturated heterocycles. The Labute approximate surface area is 125 Å². The number of methoxy groups -OCH3 is 1. The van der Waals surface area contributed by atoms with Crippen molar-refractivity contribution in [1.29, 1.82) is 0 Å². The molecule has 6 nitrogen and oxygen atoms in total. The largest absolute Gasteiger partial charge is 0.379 e. The number of carbonyl (C=O) groups is 1. The minimum Gasteiger partial charge on any atom is -0.379 e. The molecule has 0 radical (unpaired) electrons. The van der Waals surface area contributed by atoms with E-state index in [2.05, 4.69) is 5.10 Å². The molecule has 0 unspecified atom stereocenters. The quantitative estimate of drug-likeness (QED) is 0.841. The molecule has 0 N–H and O–H groups in total. The van der Waals surface area contributed by atoms with Crippen molar-refractivity contribution in [1.82, 2.24) is 14.7 Å². The molecule has 116 valence electrons. The summed E-state index contributed by atoms with van der Waals surface area (Å²) >= 11 is 0. The molecule has 2 aliphatic rings. The van der Waals surface area contributed by atoms with Gasteiger partial charge in [-0.15, -0.1) is 0 Å². The Bertz CT molecular complexity index is 528. The zero-order valence-electron chi connectivity index (χ0n) is 12.9. The number of amides is 1. The van der Waals surface area contributed by atoms with Gasteiger partial charge in [-0.2, -0.15) is 5.10 Å². The van der Waals surface area contributed by atoms with Gasteiger partial charge in [-0.1, -0.05) is 0 Å². The van der Waals surface area contributed by atoms with E-state index in [1.165, 1.54) is 0 Å². The summed E-state index contributed by atoms with van der Waals surface area (Å²) in [4.78, 5) is 14.9. The second-order valence-electron chi connectivity index (χ2n) is 5.74. The van der Waals surface area contributed by atoms with Gasteiger partial charge in [-0.3, -0.25) is 9.48 Å². The predicted molar refractivity (Wildman–Crippen MR) is 77.2 cm³/mol. The van der Waals surface area contributed by atoms with E-state index in [1.54, 1.807) is 11.8 Å². The van der Waals surface area contributed by atoms with Gasteiger partial charge in [-0.05, 0) is 32.8 Å². The summed E-state index contributed by atoms with van der Waals surface area (Å²) in [5, 5.41) is 4.37. The van der Waals surface area contributed by atoms with Gasteiger partial charge in [0.2, 0.25) is 0 Å². The molecule has 6 heteroatoms. The van der Waals surface area contributed by atoms with Crippen LogP contribution in [0.25, 0.3) is 0 Å². The van der Waals surface area contributed by atoms with Gasteiger partial charge >= 0.3 is 0 Å². The Balaban J connectivity index is 1.84. The van der Waals surface area contributed by atoms with Crippen LogP contribution in [0.1, 0.15) is 35.9 Å². The number of fused-ring (bicyclic) bond motifs is 1. The maximum absolute atomic E-state index is 12.9. The number of hydrogen-bond acceptors (Lipinski definition) is 4. The second kappa shape index (κ2) is 5.77. The fourth-order valence-electron chi connectivity index (χ4n) is 3.53. The van der Waals surface area contributed by atoms with Crippen LogP contribution in [0.3, 0.4) is 0 Å². The van der Waals surface area contributed by atoms with E-state index < -0.39 is 0 Å². The van der Waals surface area contributed by atoms with Gasteiger partial charge in [0.05, 0.1) is 24.4 Å². The number of rotatable bonds is 3. The molecule has 0 aromatic carbocycles. The van der Waals surface area contributed by atoms with Crippen molar-refractivity contribution in [2.24, 2.45) is 0 Å². The van der Waals surface area contributed by atoms with Crippen molar-refractivity contribution < 1.29 is 14.3 Å². The number of ether oxygens (including phenoxy) is 2. The van der Waals surface area contributed by atoms with Crippen LogP contribution in [0.4, 0.5) is 0 Å². The SMILES string of the molecule is CCn1nc(C)cc1C(=O)N1CCO[C@H]2[C@@H](OC)CC[C@@H]21. The first-order valence-corrected chi connectivity index (χ1v) is 7.65. The van der Waals surface area contributed by atoms with E-state index in [4.69, 9.17) is 9.47 Å². The van der Waals surface area contributed by atoms with E-state index in [1.807, 2.05) is 24.8 Å². The lowest BCUT2D eigenvalue weighted by atomic mass is 10.1. The van der Waals surface area contributed by atoms with Crippen LogP contribution >= 0.6 is 0 Å². The van der Waals surface area contributed by atoms with Gasteiger partial charge < -0.3 is 14.4 Å². The lowest BCUT2D eigenvalue weighted by Crippen LogP contribution is -2.54. The number of aryl methyl sites for hydroxylation is 2. The highest BCUT2D eigenvalue weighted by Crippen LogP contribution is 2.32. The first kappa shape index (κ1) is 14.5. The van der Waals surface area contributed by atoms with Gasteiger partial charge in [-0.25, -0.2) is 0 Å². The van der Waals surface area contributed by atoms with Crippen LogP contribution in [0, 0.1) is 6.92 Å². The van der Waals surface area contributed by atoms with Crippen molar-refractivity contribution >= 4 is 5.91 Å². The minimum absolute atomic E-state index is 0.00629. The molecule has 0 spiro atoms. The third-order valence-corrected chi connectivity index (χ3v) is 4.52. The fraction of sp³-hybridized carbons (Fsp3) is 0.733.